The largest absolute Gasteiger partial charge is 0.294 e. The SMILES string of the molecule is CSc1ccc(C(=O)CCN2CCSC2)cc1. The minimum Gasteiger partial charge on any atom is -0.294 e. The van der Waals surface area contributed by atoms with E-state index in [1.807, 2.05) is 42.3 Å². The number of Topliss-reactive ketones (excluding diaryl/α,β-unsaturated/α-hetero) is 1. The Bertz CT molecular complexity index is 372. The Morgan fingerprint density at radius 3 is 2.76 bits per heavy atom. The van der Waals surface area contributed by atoms with Crippen LogP contribution in [0.15, 0.2) is 29.2 Å². The standard InChI is InChI=1S/C13H17NOS2/c1-16-12-4-2-11(3-5-12)13(15)6-7-14-8-9-17-10-14/h2-5H,6-10H2,1H3. The number of carbonyl (C=O) groups is 1. The van der Waals surface area contributed by atoms with Crippen LogP contribution in [-0.2, 0) is 0 Å². The lowest BCUT2D eigenvalue weighted by molar-refractivity contribution is 0.0970. The Balaban J connectivity index is 1.85. The molecule has 1 aromatic carbocycles. The molecule has 92 valence electrons. The predicted molar refractivity (Wildman–Crippen MR) is 76.1 cm³/mol. The summed E-state index contributed by atoms with van der Waals surface area (Å²) in [7, 11) is 0. The van der Waals surface area contributed by atoms with Crippen molar-refractivity contribution in [3.8, 4) is 0 Å². The van der Waals surface area contributed by atoms with E-state index in [0.29, 0.717) is 6.42 Å². The van der Waals surface area contributed by atoms with Gasteiger partial charge in [0.2, 0.25) is 0 Å². The van der Waals surface area contributed by atoms with E-state index in [2.05, 4.69) is 4.90 Å². The molecule has 0 saturated carbocycles. The Kier molecular flexibility index (Phi) is 4.95. The Labute approximate surface area is 111 Å². The van der Waals surface area contributed by atoms with E-state index in [1.165, 1.54) is 10.6 Å². The van der Waals surface area contributed by atoms with Crippen molar-refractivity contribution in [3.05, 3.63) is 29.8 Å². The molecule has 2 rings (SSSR count). The van der Waals surface area contributed by atoms with Gasteiger partial charge in [0.05, 0.1) is 0 Å². The maximum atomic E-state index is 12.0. The first kappa shape index (κ1) is 13.0. The van der Waals surface area contributed by atoms with Crippen LogP contribution in [0, 0.1) is 0 Å². The second kappa shape index (κ2) is 6.47. The summed E-state index contributed by atoms with van der Waals surface area (Å²) < 4.78 is 0. The third-order valence-corrected chi connectivity index (χ3v) is 4.66. The number of rotatable bonds is 5. The summed E-state index contributed by atoms with van der Waals surface area (Å²) in [4.78, 5) is 15.5. The Morgan fingerprint density at radius 2 is 2.18 bits per heavy atom. The van der Waals surface area contributed by atoms with Crippen LogP contribution >= 0.6 is 23.5 Å². The summed E-state index contributed by atoms with van der Waals surface area (Å²) >= 11 is 3.65. The van der Waals surface area contributed by atoms with Crippen LogP contribution in [0.25, 0.3) is 0 Å². The molecule has 1 heterocycles. The number of ketones is 1. The molecule has 1 fully saturated rings. The highest BCUT2D eigenvalue weighted by atomic mass is 32.2. The van der Waals surface area contributed by atoms with Gasteiger partial charge in [0.25, 0.3) is 0 Å². The van der Waals surface area contributed by atoms with Gasteiger partial charge in [-0.05, 0) is 18.4 Å². The van der Waals surface area contributed by atoms with Gasteiger partial charge in [-0.25, -0.2) is 0 Å². The molecular formula is C13H17NOS2. The third-order valence-electron chi connectivity index (χ3n) is 2.89. The van der Waals surface area contributed by atoms with Crippen LogP contribution in [-0.4, -0.2) is 41.7 Å². The van der Waals surface area contributed by atoms with Gasteiger partial charge in [-0.3, -0.25) is 9.69 Å². The molecule has 0 N–H and O–H groups in total. The first-order valence-electron chi connectivity index (χ1n) is 5.77. The molecule has 0 bridgehead atoms. The van der Waals surface area contributed by atoms with E-state index in [-0.39, 0.29) is 5.78 Å². The maximum Gasteiger partial charge on any atom is 0.164 e. The topological polar surface area (TPSA) is 20.3 Å². The van der Waals surface area contributed by atoms with Gasteiger partial charge in [0.15, 0.2) is 5.78 Å². The zero-order valence-electron chi connectivity index (χ0n) is 10.0. The number of thioether (sulfide) groups is 2. The lowest BCUT2D eigenvalue weighted by atomic mass is 10.1. The molecule has 0 atom stereocenters. The van der Waals surface area contributed by atoms with E-state index in [0.717, 1.165) is 24.5 Å². The Morgan fingerprint density at radius 1 is 1.41 bits per heavy atom. The molecule has 4 heteroatoms. The van der Waals surface area contributed by atoms with Crippen molar-refractivity contribution in [1.29, 1.82) is 0 Å². The summed E-state index contributed by atoms with van der Waals surface area (Å²) in [5.41, 5.74) is 0.842. The second-order valence-corrected chi connectivity index (χ2v) is 6.01. The summed E-state index contributed by atoms with van der Waals surface area (Å²) in [5, 5.41) is 0. The number of benzene rings is 1. The summed E-state index contributed by atoms with van der Waals surface area (Å²) in [6.07, 6.45) is 2.68. The number of nitrogens with zero attached hydrogens (tertiary/aromatic N) is 1. The van der Waals surface area contributed by atoms with E-state index in [9.17, 15) is 4.79 Å². The fourth-order valence-electron chi connectivity index (χ4n) is 1.81. The fraction of sp³-hybridized carbons (Fsp3) is 0.462. The minimum atomic E-state index is 0.259. The molecule has 0 aliphatic carbocycles. The zero-order valence-corrected chi connectivity index (χ0v) is 11.6. The predicted octanol–water partition coefficient (Wildman–Crippen LogP) is 2.99. The Hall–Kier alpha value is -0.450. The van der Waals surface area contributed by atoms with E-state index in [1.54, 1.807) is 11.8 Å². The fourth-order valence-corrected chi connectivity index (χ4v) is 3.25. The number of carbonyl (C=O) groups excluding carboxylic acids is 1. The molecule has 17 heavy (non-hydrogen) atoms. The lowest BCUT2D eigenvalue weighted by Gasteiger charge is -2.12. The minimum absolute atomic E-state index is 0.259. The molecule has 1 aromatic rings. The molecular weight excluding hydrogens is 250 g/mol. The normalized spacial score (nSPS) is 16.3. The lowest BCUT2D eigenvalue weighted by Crippen LogP contribution is -2.22. The maximum absolute atomic E-state index is 12.0. The van der Waals surface area contributed by atoms with Crippen molar-refractivity contribution in [1.82, 2.24) is 4.90 Å². The van der Waals surface area contributed by atoms with Crippen LogP contribution in [0.2, 0.25) is 0 Å². The summed E-state index contributed by atoms with van der Waals surface area (Å²) in [6.45, 7) is 2.03. The monoisotopic (exact) mass is 267 g/mol. The first-order chi connectivity index (χ1) is 8.29. The second-order valence-electron chi connectivity index (χ2n) is 4.06. The molecule has 0 radical (unpaired) electrons. The van der Waals surface area contributed by atoms with Crippen molar-refractivity contribution in [2.75, 3.05) is 31.0 Å². The van der Waals surface area contributed by atoms with Gasteiger partial charge in [-0.1, -0.05) is 12.1 Å². The molecule has 2 nitrogen and oxygen atoms in total. The highest BCUT2D eigenvalue weighted by molar-refractivity contribution is 7.99. The van der Waals surface area contributed by atoms with Gasteiger partial charge < -0.3 is 0 Å². The highest BCUT2D eigenvalue weighted by Crippen LogP contribution is 2.17. The van der Waals surface area contributed by atoms with Gasteiger partial charge in [-0.2, -0.15) is 0 Å². The van der Waals surface area contributed by atoms with Crippen LogP contribution in [0.4, 0.5) is 0 Å². The zero-order chi connectivity index (χ0) is 12.1. The van der Waals surface area contributed by atoms with Crippen molar-refractivity contribution < 1.29 is 4.79 Å². The van der Waals surface area contributed by atoms with Gasteiger partial charge in [0, 0.05) is 41.6 Å². The van der Waals surface area contributed by atoms with Crippen molar-refractivity contribution in [2.45, 2.75) is 11.3 Å². The smallest absolute Gasteiger partial charge is 0.164 e. The average Bonchev–Trinajstić information content (AvgIpc) is 2.89. The molecule has 0 spiro atoms. The number of hydrogen-bond acceptors (Lipinski definition) is 4. The molecule has 1 aliphatic rings. The van der Waals surface area contributed by atoms with E-state index >= 15 is 0 Å². The van der Waals surface area contributed by atoms with Crippen LogP contribution in [0.1, 0.15) is 16.8 Å². The number of hydrogen-bond donors (Lipinski definition) is 0. The first-order valence-corrected chi connectivity index (χ1v) is 8.15. The highest BCUT2D eigenvalue weighted by Gasteiger charge is 2.13. The van der Waals surface area contributed by atoms with Gasteiger partial charge in [0.1, 0.15) is 0 Å². The van der Waals surface area contributed by atoms with Crippen molar-refractivity contribution in [3.63, 3.8) is 0 Å². The molecule has 1 aliphatic heterocycles. The van der Waals surface area contributed by atoms with Crippen molar-refractivity contribution in [2.24, 2.45) is 0 Å². The van der Waals surface area contributed by atoms with Gasteiger partial charge in [-0.15, -0.1) is 23.5 Å². The van der Waals surface area contributed by atoms with Crippen molar-refractivity contribution >= 4 is 29.3 Å². The molecule has 0 unspecified atom stereocenters. The van der Waals surface area contributed by atoms with Crippen LogP contribution in [0.3, 0.4) is 0 Å². The molecule has 1 saturated heterocycles. The van der Waals surface area contributed by atoms with Crippen LogP contribution < -0.4 is 0 Å². The third kappa shape index (κ3) is 3.76. The summed E-state index contributed by atoms with van der Waals surface area (Å²) in [6, 6.07) is 7.91. The van der Waals surface area contributed by atoms with E-state index < -0.39 is 0 Å². The quantitative estimate of drug-likeness (QED) is 0.603. The van der Waals surface area contributed by atoms with E-state index in [4.69, 9.17) is 0 Å². The average molecular weight is 267 g/mol. The molecule has 0 amide bonds. The molecule has 0 aromatic heterocycles. The van der Waals surface area contributed by atoms with Crippen LogP contribution in [0.5, 0.6) is 0 Å². The van der Waals surface area contributed by atoms with Gasteiger partial charge >= 0.3 is 0 Å². The summed E-state index contributed by atoms with van der Waals surface area (Å²) in [5.74, 6) is 2.55.